The molecular formula is C26H29NO6. The zero-order valence-corrected chi connectivity index (χ0v) is 19.2. The zero-order chi connectivity index (χ0) is 23.5. The average molecular weight is 452 g/mol. The van der Waals surface area contributed by atoms with Crippen molar-refractivity contribution in [1.82, 2.24) is 4.90 Å². The van der Waals surface area contributed by atoms with Gasteiger partial charge in [-0.15, -0.1) is 0 Å². The number of para-hydroxylation sites is 1. The van der Waals surface area contributed by atoms with Crippen LogP contribution in [0.3, 0.4) is 0 Å². The molecule has 2 aliphatic rings. The summed E-state index contributed by atoms with van der Waals surface area (Å²) in [5.41, 5.74) is 2.18. The Morgan fingerprint density at radius 3 is 2.76 bits per heavy atom. The third-order valence-corrected chi connectivity index (χ3v) is 5.97. The number of carbonyl (C=O) groups excluding carboxylic acids is 2. The number of fused-ring (bicyclic) bond motifs is 1. The first-order valence-corrected chi connectivity index (χ1v) is 11.2. The minimum Gasteiger partial charge on any atom is -0.507 e. The van der Waals surface area contributed by atoms with Crippen LogP contribution in [0.5, 0.6) is 11.5 Å². The van der Waals surface area contributed by atoms with E-state index in [4.69, 9.17) is 14.2 Å². The molecule has 2 heterocycles. The third kappa shape index (κ3) is 4.33. The van der Waals surface area contributed by atoms with Gasteiger partial charge in [0.2, 0.25) is 0 Å². The second-order valence-corrected chi connectivity index (χ2v) is 8.26. The van der Waals surface area contributed by atoms with Crippen LogP contribution in [0.1, 0.15) is 43.0 Å². The number of carbonyl (C=O) groups is 2. The largest absolute Gasteiger partial charge is 0.507 e. The fourth-order valence-electron chi connectivity index (χ4n) is 4.53. The predicted molar refractivity (Wildman–Crippen MR) is 123 cm³/mol. The number of ketones is 1. The Bertz CT molecular complexity index is 1090. The van der Waals surface area contributed by atoms with E-state index in [2.05, 4.69) is 0 Å². The van der Waals surface area contributed by atoms with Crippen molar-refractivity contribution in [1.29, 1.82) is 0 Å². The Hall–Kier alpha value is -3.32. The Morgan fingerprint density at radius 2 is 2.00 bits per heavy atom. The molecule has 7 heteroatoms. The van der Waals surface area contributed by atoms with Crippen LogP contribution in [0.25, 0.3) is 5.76 Å². The summed E-state index contributed by atoms with van der Waals surface area (Å²) in [5.74, 6) is -0.183. The number of aliphatic hydroxyl groups is 1. The van der Waals surface area contributed by atoms with Gasteiger partial charge >= 0.3 is 0 Å². The minimum atomic E-state index is -0.756. The van der Waals surface area contributed by atoms with Crippen LogP contribution in [0.2, 0.25) is 0 Å². The summed E-state index contributed by atoms with van der Waals surface area (Å²) >= 11 is 0. The van der Waals surface area contributed by atoms with Crippen molar-refractivity contribution < 1.29 is 28.9 Å². The maximum atomic E-state index is 13.2. The van der Waals surface area contributed by atoms with Crippen LogP contribution < -0.4 is 9.47 Å². The van der Waals surface area contributed by atoms with Crippen molar-refractivity contribution in [2.75, 3.05) is 26.9 Å². The van der Waals surface area contributed by atoms with Crippen molar-refractivity contribution >= 4 is 17.4 Å². The summed E-state index contributed by atoms with van der Waals surface area (Å²) in [6.07, 6.45) is 1.34. The summed E-state index contributed by atoms with van der Waals surface area (Å²) in [6, 6.07) is 11.9. The second-order valence-electron chi connectivity index (χ2n) is 8.26. The van der Waals surface area contributed by atoms with E-state index < -0.39 is 17.7 Å². The van der Waals surface area contributed by atoms with Gasteiger partial charge in [-0.3, -0.25) is 9.59 Å². The number of likely N-dealkylation sites (tertiary alicyclic amines) is 1. The van der Waals surface area contributed by atoms with Gasteiger partial charge in [0.1, 0.15) is 23.4 Å². The molecule has 0 radical (unpaired) electrons. The van der Waals surface area contributed by atoms with Gasteiger partial charge in [-0.05, 0) is 50.1 Å². The molecular weight excluding hydrogens is 422 g/mol. The molecule has 2 atom stereocenters. The maximum Gasteiger partial charge on any atom is 0.295 e. The molecule has 1 amide bonds. The van der Waals surface area contributed by atoms with E-state index in [1.165, 1.54) is 4.90 Å². The Kier molecular flexibility index (Phi) is 6.70. The molecule has 4 rings (SSSR count). The molecule has 7 nitrogen and oxygen atoms in total. The molecule has 0 spiro atoms. The SMILES string of the molecule is CCOc1ccccc1C1C(=C(O)c2ccc3c(c2)CC(C)O3)C(=O)C(=O)N1CCCOC. The predicted octanol–water partition coefficient (Wildman–Crippen LogP) is 3.87. The Morgan fingerprint density at radius 1 is 1.21 bits per heavy atom. The summed E-state index contributed by atoms with van der Waals surface area (Å²) in [7, 11) is 1.59. The number of methoxy groups -OCH3 is 1. The molecule has 33 heavy (non-hydrogen) atoms. The highest BCUT2D eigenvalue weighted by molar-refractivity contribution is 6.46. The molecule has 2 unspecified atom stereocenters. The molecule has 2 aromatic carbocycles. The Balaban J connectivity index is 1.83. The fourth-order valence-corrected chi connectivity index (χ4v) is 4.53. The smallest absolute Gasteiger partial charge is 0.295 e. The number of benzene rings is 2. The minimum absolute atomic E-state index is 0.0573. The highest BCUT2D eigenvalue weighted by Gasteiger charge is 2.46. The molecule has 1 saturated heterocycles. The number of Topliss-reactive ketones (excluding diaryl/α,β-unsaturated/α-hetero) is 1. The lowest BCUT2D eigenvalue weighted by Gasteiger charge is -2.26. The second kappa shape index (κ2) is 9.67. The first-order valence-electron chi connectivity index (χ1n) is 11.2. The normalized spacial score (nSPS) is 21.2. The summed E-state index contributed by atoms with van der Waals surface area (Å²) < 4.78 is 16.7. The van der Waals surface area contributed by atoms with E-state index in [-0.39, 0.29) is 17.4 Å². The summed E-state index contributed by atoms with van der Waals surface area (Å²) in [5, 5.41) is 11.3. The number of aliphatic hydroxyl groups excluding tert-OH is 1. The van der Waals surface area contributed by atoms with Crippen LogP contribution in [-0.4, -0.2) is 54.7 Å². The molecule has 1 fully saturated rings. The third-order valence-electron chi connectivity index (χ3n) is 5.97. The molecule has 0 aliphatic carbocycles. The van der Waals surface area contributed by atoms with Gasteiger partial charge in [-0.25, -0.2) is 0 Å². The lowest BCUT2D eigenvalue weighted by Crippen LogP contribution is -2.31. The quantitative estimate of drug-likeness (QED) is 0.284. The van der Waals surface area contributed by atoms with E-state index >= 15 is 0 Å². The van der Waals surface area contributed by atoms with E-state index in [1.54, 1.807) is 19.2 Å². The molecule has 174 valence electrons. The highest BCUT2D eigenvalue weighted by atomic mass is 16.5. The monoisotopic (exact) mass is 451 g/mol. The van der Waals surface area contributed by atoms with Crippen molar-refractivity contribution in [2.24, 2.45) is 0 Å². The van der Waals surface area contributed by atoms with Crippen molar-refractivity contribution in [3.05, 3.63) is 64.7 Å². The number of nitrogens with zero attached hydrogens (tertiary/aromatic N) is 1. The molecule has 0 saturated carbocycles. The molecule has 2 aliphatic heterocycles. The van der Waals surface area contributed by atoms with Crippen LogP contribution in [0, 0.1) is 0 Å². The number of hydrogen-bond donors (Lipinski definition) is 1. The number of hydrogen-bond acceptors (Lipinski definition) is 6. The van der Waals surface area contributed by atoms with E-state index in [1.807, 2.05) is 44.2 Å². The van der Waals surface area contributed by atoms with Crippen LogP contribution >= 0.6 is 0 Å². The molecule has 0 bridgehead atoms. The average Bonchev–Trinajstić information content (AvgIpc) is 3.30. The van der Waals surface area contributed by atoms with Crippen molar-refractivity contribution in [3.63, 3.8) is 0 Å². The number of ether oxygens (including phenoxy) is 3. The first kappa shape index (κ1) is 22.9. The van der Waals surface area contributed by atoms with Gasteiger partial charge in [0.25, 0.3) is 11.7 Å². The summed E-state index contributed by atoms with van der Waals surface area (Å²) in [4.78, 5) is 27.8. The van der Waals surface area contributed by atoms with Gasteiger partial charge in [0.15, 0.2) is 0 Å². The maximum absolute atomic E-state index is 13.2. The van der Waals surface area contributed by atoms with Gasteiger partial charge in [-0.2, -0.15) is 0 Å². The number of amides is 1. The Labute approximate surface area is 193 Å². The zero-order valence-electron chi connectivity index (χ0n) is 19.2. The van der Waals surface area contributed by atoms with Gasteiger partial charge in [0, 0.05) is 37.8 Å². The van der Waals surface area contributed by atoms with E-state index in [9.17, 15) is 14.7 Å². The molecule has 2 aromatic rings. The van der Waals surface area contributed by atoms with E-state index in [0.29, 0.717) is 43.1 Å². The van der Waals surface area contributed by atoms with Crippen molar-refractivity contribution in [2.45, 2.75) is 38.8 Å². The number of rotatable bonds is 8. The van der Waals surface area contributed by atoms with Crippen molar-refractivity contribution in [3.8, 4) is 11.5 Å². The van der Waals surface area contributed by atoms with Crippen LogP contribution in [0.4, 0.5) is 0 Å². The first-order chi connectivity index (χ1) is 16.0. The molecule has 0 aromatic heterocycles. The topological polar surface area (TPSA) is 85.3 Å². The standard InChI is InChI=1S/C26H29NO6/c1-4-32-21-9-6-5-8-19(21)23-22(25(29)26(30)27(23)12-7-13-31-3)24(28)17-10-11-20-18(15-17)14-16(2)33-20/h5-6,8-11,15-16,23,28H,4,7,12-14H2,1-3H3. The van der Waals surface area contributed by atoms with Gasteiger partial charge in [-0.1, -0.05) is 18.2 Å². The lowest BCUT2D eigenvalue weighted by atomic mass is 9.94. The van der Waals surface area contributed by atoms with Crippen LogP contribution in [-0.2, 0) is 20.7 Å². The fraction of sp³-hybridized carbons (Fsp3) is 0.385. The van der Waals surface area contributed by atoms with Crippen LogP contribution in [0.15, 0.2) is 48.0 Å². The molecule has 1 N–H and O–H groups in total. The van der Waals surface area contributed by atoms with Gasteiger partial charge < -0.3 is 24.2 Å². The van der Waals surface area contributed by atoms with E-state index in [0.717, 1.165) is 17.7 Å². The summed E-state index contributed by atoms with van der Waals surface area (Å²) in [6.45, 7) is 5.06. The lowest BCUT2D eigenvalue weighted by molar-refractivity contribution is -0.140. The highest BCUT2D eigenvalue weighted by Crippen LogP contribution is 2.43. The van der Waals surface area contributed by atoms with Gasteiger partial charge in [0.05, 0.1) is 18.2 Å².